The molecule has 0 aliphatic carbocycles. The molecule has 0 N–H and O–H groups in total. The molecule has 2 fully saturated rings. The van der Waals surface area contributed by atoms with Crippen LogP contribution in [-0.2, 0) is 39.9 Å². The van der Waals surface area contributed by atoms with Crippen molar-refractivity contribution in [3.05, 3.63) is 65.7 Å². The van der Waals surface area contributed by atoms with Gasteiger partial charge in [0.15, 0.2) is 12.1 Å². The molecule has 1 unspecified atom stereocenters. The number of hydrogen-bond donors (Lipinski definition) is 0. The van der Waals surface area contributed by atoms with Crippen LogP contribution in [0.1, 0.15) is 51.8 Å². The molecule has 2 saturated heterocycles. The molecule has 4 atom stereocenters. The van der Waals surface area contributed by atoms with Crippen molar-refractivity contribution < 1.29 is 47.5 Å². The summed E-state index contributed by atoms with van der Waals surface area (Å²) >= 11 is 0. The van der Waals surface area contributed by atoms with E-state index < -0.39 is 48.3 Å². The van der Waals surface area contributed by atoms with E-state index in [4.69, 9.17) is 33.2 Å². The monoisotopic (exact) mass is 550 g/mol. The smallest absolute Gasteiger partial charge is 0.308 e. The van der Waals surface area contributed by atoms with Gasteiger partial charge in [-0.2, -0.15) is 0 Å². The molecule has 2 heterocycles. The van der Waals surface area contributed by atoms with Gasteiger partial charge in [0.1, 0.15) is 35.6 Å². The third kappa shape index (κ3) is 5.85. The Morgan fingerprint density at radius 2 is 1.43 bits per heavy atom. The first-order chi connectivity index (χ1) is 19.0. The van der Waals surface area contributed by atoms with Crippen molar-refractivity contribution in [3.63, 3.8) is 0 Å². The highest BCUT2D eigenvalue weighted by Gasteiger charge is 2.56. The third-order valence-electron chi connectivity index (χ3n) is 6.39. The zero-order chi connectivity index (χ0) is 28.6. The van der Waals surface area contributed by atoms with E-state index in [0.717, 1.165) is 5.56 Å². The zero-order valence-electron chi connectivity index (χ0n) is 22.8. The van der Waals surface area contributed by atoms with Crippen LogP contribution in [0.15, 0.2) is 54.6 Å². The normalized spacial score (nSPS) is 23.0. The van der Waals surface area contributed by atoms with Crippen molar-refractivity contribution in [2.75, 3.05) is 0 Å². The maximum atomic E-state index is 12.1. The molecule has 3 aromatic rings. The second-order valence-electron chi connectivity index (χ2n) is 10.1. The number of benzene rings is 3. The van der Waals surface area contributed by atoms with E-state index in [1.165, 1.54) is 32.9 Å². The van der Waals surface area contributed by atoms with E-state index >= 15 is 0 Å². The second-order valence-corrected chi connectivity index (χ2v) is 10.1. The lowest BCUT2D eigenvalue weighted by molar-refractivity contribution is -0.220. The van der Waals surface area contributed by atoms with Crippen molar-refractivity contribution >= 4 is 28.7 Å². The van der Waals surface area contributed by atoms with Crippen LogP contribution in [0.5, 0.6) is 17.2 Å². The Morgan fingerprint density at radius 1 is 0.800 bits per heavy atom. The number of ether oxygens (including phenoxy) is 7. The molecule has 0 saturated carbocycles. The highest BCUT2D eigenvalue weighted by Crippen LogP contribution is 2.48. The fraction of sp³-hybridized carbons (Fsp3) is 0.367. The van der Waals surface area contributed by atoms with Gasteiger partial charge in [-0.25, -0.2) is 0 Å². The highest BCUT2D eigenvalue weighted by molar-refractivity contribution is 6.01. The number of esters is 3. The SMILES string of the molecule is CC(=O)Oc1ccc(OC(C)=O)c2c(OC(C)=O)cc(C3O[C@@H]4OC(C)(C)O[C@@H]4[C@H]3OCc3ccccc3)cc12. The Bertz CT molecular complexity index is 1450. The van der Waals surface area contributed by atoms with Crippen molar-refractivity contribution in [1.82, 2.24) is 0 Å². The van der Waals surface area contributed by atoms with Crippen LogP contribution in [-0.4, -0.2) is 42.2 Å². The summed E-state index contributed by atoms with van der Waals surface area (Å²) in [5, 5.41) is 0.647. The van der Waals surface area contributed by atoms with Crippen LogP contribution < -0.4 is 14.2 Å². The van der Waals surface area contributed by atoms with Crippen molar-refractivity contribution in [3.8, 4) is 17.2 Å². The fourth-order valence-electron chi connectivity index (χ4n) is 4.99. The van der Waals surface area contributed by atoms with Gasteiger partial charge < -0.3 is 33.2 Å². The van der Waals surface area contributed by atoms with Gasteiger partial charge in [0.2, 0.25) is 0 Å². The Kier molecular flexibility index (Phi) is 7.61. The first-order valence-corrected chi connectivity index (χ1v) is 12.8. The van der Waals surface area contributed by atoms with E-state index in [2.05, 4.69) is 0 Å². The van der Waals surface area contributed by atoms with Crippen LogP contribution in [0.3, 0.4) is 0 Å². The summed E-state index contributed by atoms with van der Waals surface area (Å²) in [7, 11) is 0. The molecule has 40 heavy (non-hydrogen) atoms. The Hall–Kier alpha value is -3.83. The summed E-state index contributed by atoms with van der Waals surface area (Å²) in [5.74, 6) is -2.19. The molecule has 210 valence electrons. The van der Waals surface area contributed by atoms with Crippen molar-refractivity contribution in [2.45, 2.75) is 71.6 Å². The number of rotatable bonds is 7. The van der Waals surface area contributed by atoms with Gasteiger partial charge in [0, 0.05) is 26.2 Å². The molecule has 0 bridgehead atoms. The standard InChI is InChI=1S/C30H30O10/c1-16(31)35-22-11-12-23(36-17(2)32)25-21(22)13-20(14-24(25)37-18(3)33)26-27(34-15-19-9-7-6-8-10-19)28-29(38-26)40-30(4,5)39-28/h6-14,26-29H,15H2,1-5H3/t26?,27-,28+,29+/m0/s1. The Morgan fingerprint density at radius 3 is 2.10 bits per heavy atom. The van der Waals surface area contributed by atoms with Gasteiger partial charge in [-0.15, -0.1) is 0 Å². The van der Waals surface area contributed by atoms with E-state index in [9.17, 15) is 14.4 Å². The Labute approximate surface area is 231 Å². The maximum absolute atomic E-state index is 12.1. The van der Waals surface area contributed by atoms with Gasteiger partial charge in [0.05, 0.1) is 12.0 Å². The number of hydrogen-bond acceptors (Lipinski definition) is 10. The van der Waals surface area contributed by atoms with Crippen molar-refractivity contribution in [2.24, 2.45) is 0 Å². The van der Waals surface area contributed by atoms with Gasteiger partial charge in [-0.05, 0) is 49.2 Å². The van der Waals surface area contributed by atoms with Crippen LogP contribution in [0.2, 0.25) is 0 Å². The maximum Gasteiger partial charge on any atom is 0.308 e. The summed E-state index contributed by atoms with van der Waals surface area (Å²) in [6, 6.07) is 16.0. The molecule has 10 nitrogen and oxygen atoms in total. The fourth-order valence-corrected chi connectivity index (χ4v) is 4.99. The molecule has 3 aromatic carbocycles. The Balaban J connectivity index is 1.62. The van der Waals surface area contributed by atoms with Gasteiger partial charge in [-0.3, -0.25) is 14.4 Å². The summed E-state index contributed by atoms with van der Waals surface area (Å²) in [6.07, 6.45) is -2.58. The number of carbonyl (C=O) groups is 3. The molecule has 2 aliphatic heterocycles. The van der Waals surface area contributed by atoms with Crippen molar-refractivity contribution in [1.29, 1.82) is 0 Å². The second kappa shape index (κ2) is 11.0. The quantitative estimate of drug-likeness (QED) is 0.301. The predicted molar refractivity (Wildman–Crippen MR) is 141 cm³/mol. The van der Waals surface area contributed by atoms with E-state index in [1.807, 2.05) is 30.3 Å². The largest absolute Gasteiger partial charge is 0.426 e. The molecule has 0 spiro atoms. The predicted octanol–water partition coefficient (Wildman–Crippen LogP) is 4.75. The minimum atomic E-state index is -0.873. The molecule has 10 heteroatoms. The van der Waals surface area contributed by atoms with E-state index in [1.54, 1.807) is 26.0 Å². The first-order valence-electron chi connectivity index (χ1n) is 12.8. The van der Waals surface area contributed by atoms with Gasteiger partial charge >= 0.3 is 17.9 Å². The average molecular weight is 551 g/mol. The summed E-state index contributed by atoms with van der Waals surface area (Å²) < 4.78 is 41.3. The lowest BCUT2D eigenvalue weighted by atomic mass is 9.97. The summed E-state index contributed by atoms with van der Waals surface area (Å²) in [4.78, 5) is 35.9. The van der Waals surface area contributed by atoms with Crippen LogP contribution in [0.4, 0.5) is 0 Å². The number of fused-ring (bicyclic) bond motifs is 2. The van der Waals surface area contributed by atoms with E-state index in [0.29, 0.717) is 10.9 Å². The summed E-state index contributed by atoms with van der Waals surface area (Å²) in [5.41, 5.74) is 1.51. The minimum absolute atomic E-state index is 0.0925. The molecule has 0 radical (unpaired) electrons. The lowest BCUT2D eigenvalue weighted by Gasteiger charge is -2.27. The molecule has 5 rings (SSSR count). The van der Waals surface area contributed by atoms with Gasteiger partial charge in [0.25, 0.3) is 0 Å². The molecule has 0 aromatic heterocycles. The van der Waals surface area contributed by atoms with Gasteiger partial charge in [-0.1, -0.05) is 30.3 Å². The molecular weight excluding hydrogens is 520 g/mol. The summed E-state index contributed by atoms with van der Waals surface area (Å²) in [6.45, 7) is 7.67. The topological polar surface area (TPSA) is 116 Å². The van der Waals surface area contributed by atoms with Crippen LogP contribution >= 0.6 is 0 Å². The minimum Gasteiger partial charge on any atom is -0.426 e. The van der Waals surface area contributed by atoms with Crippen LogP contribution in [0, 0.1) is 0 Å². The number of carbonyl (C=O) groups excluding carboxylic acids is 3. The molecule has 2 aliphatic rings. The third-order valence-corrected chi connectivity index (χ3v) is 6.39. The first kappa shape index (κ1) is 27.7. The zero-order valence-corrected chi connectivity index (χ0v) is 22.8. The molecular formula is C30H30O10. The highest BCUT2D eigenvalue weighted by atomic mass is 16.8. The van der Waals surface area contributed by atoms with Crippen LogP contribution in [0.25, 0.3) is 10.8 Å². The van der Waals surface area contributed by atoms with E-state index in [-0.39, 0.29) is 29.2 Å². The average Bonchev–Trinajstić information content (AvgIpc) is 3.35. The lowest BCUT2D eigenvalue weighted by Crippen LogP contribution is -2.33. The molecule has 0 amide bonds.